The van der Waals surface area contributed by atoms with Gasteiger partial charge in [0.15, 0.2) is 0 Å². The first-order valence-corrected chi connectivity index (χ1v) is 13.1. The van der Waals surface area contributed by atoms with Gasteiger partial charge in [0.25, 0.3) is 0 Å². The Bertz CT molecular complexity index is 2070. The fourth-order valence-electron chi connectivity index (χ4n) is 4.81. The number of hydrogen-bond donors (Lipinski definition) is 0. The van der Waals surface area contributed by atoms with E-state index in [0.717, 1.165) is 55.8 Å². The van der Waals surface area contributed by atoms with Crippen LogP contribution in [0.1, 0.15) is 5.69 Å². The monoisotopic (exact) mass is 723 g/mol. The van der Waals surface area contributed by atoms with E-state index in [9.17, 15) is 0 Å². The van der Waals surface area contributed by atoms with Crippen LogP contribution in [0.2, 0.25) is 0 Å². The summed E-state index contributed by atoms with van der Waals surface area (Å²) in [5.41, 5.74) is 7.64. The number of rotatable bonds is 3. The molecule has 5 heterocycles. The molecule has 0 aliphatic rings. The van der Waals surface area contributed by atoms with Gasteiger partial charge in [-0.1, -0.05) is 41.3 Å². The van der Waals surface area contributed by atoms with Crippen molar-refractivity contribution in [1.82, 2.24) is 29.7 Å². The van der Waals surface area contributed by atoms with Gasteiger partial charge < -0.3 is 14.0 Å². The zero-order valence-corrected chi connectivity index (χ0v) is 24.8. The summed E-state index contributed by atoms with van der Waals surface area (Å²) in [7, 11) is 0. The van der Waals surface area contributed by atoms with E-state index in [1.165, 1.54) is 0 Å². The Balaban J connectivity index is 0.000000205. The average molecular weight is 723 g/mol. The van der Waals surface area contributed by atoms with Gasteiger partial charge in [-0.05, 0) is 42.9 Å². The first-order chi connectivity index (χ1) is 20.3. The van der Waals surface area contributed by atoms with Crippen LogP contribution in [0.4, 0.5) is 0 Å². The molecular formula is C34H22IrN6O-2. The molecule has 0 spiro atoms. The molecule has 3 aromatic carbocycles. The number of imidazole rings is 1. The topological polar surface area (TPSA) is 82.5 Å². The van der Waals surface area contributed by atoms with Crippen molar-refractivity contribution in [2.75, 3.05) is 0 Å². The molecule has 0 atom stereocenters. The van der Waals surface area contributed by atoms with Crippen LogP contribution in [0, 0.1) is 19.1 Å². The summed E-state index contributed by atoms with van der Waals surface area (Å²) in [4.78, 5) is 13.6. The van der Waals surface area contributed by atoms with E-state index < -0.39 is 0 Å². The molecule has 0 saturated heterocycles. The predicted molar refractivity (Wildman–Crippen MR) is 159 cm³/mol. The fraction of sp³-hybridized carbons (Fsp3) is 0.0294. The van der Waals surface area contributed by atoms with Crippen LogP contribution < -0.4 is 0 Å². The van der Waals surface area contributed by atoms with E-state index in [1.54, 1.807) is 18.6 Å². The van der Waals surface area contributed by atoms with Crippen LogP contribution in [-0.2, 0) is 20.1 Å². The van der Waals surface area contributed by atoms with Crippen molar-refractivity contribution in [3.8, 4) is 28.3 Å². The maximum Gasteiger partial charge on any atom is 0.216 e. The first-order valence-electron chi connectivity index (χ1n) is 13.1. The van der Waals surface area contributed by atoms with Gasteiger partial charge in [-0.25, -0.2) is 4.98 Å². The van der Waals surface area contributed by atoms with Gasteiger partial charge in [-0.2, -0.15) is 10.2 Å². The van der Waals surface area contributed by atoms with Gasteiger partial charge in [-0.15, -0.1) is 54.1 Å². The number of para-hydroxylation sites is 1. The first kappa shape index (κ1) is 27.1. The molecular weight excluding hydrogens is 701 g/mol. The van der Waals surface area contributed by atoms with E-state index in [-0.39, 0.29) is 20.1 Å². The molecule has 8 aromatic rings. The zero-order chi connectivity index (χ0) is 27.6. The van der Waals surface area contributed by atoms with Crippen molar-refractivity contribution in [1.29, 1.82) is 0 Å². The van der Waals surface area contributed by atoms with Crippen molar-refractivity contribution < 1.29 is 24.5 Å². The number of nitrogens with zero attached hydrogens (tertiary/aromatic N) is 6. The van der Waals surface area contributed by atoms with Crippen LogP contribution in [0.5, 0.6) is 0 Å². The Morgan fingerprint density at radius 3 is 2.38 bits per heavy atom. The Kier molecular flexibility index (Phi) is 7.64. The van der Waals surface area contributed by atoms with E-state index in [2.05, 4.69) is 36.9 Å². The molecule has 7 nitrogen and oxygen atoms in total. The second-order valence-corrected chi connectivity index (χ2v) is 9.36. The summed E-state index contributed by atoms with van der Waals surface area (Å²) in [6, 6.07) is 38.1. The summed E-state index contributed by atoms with van der Waals surface area (Å²) in [5.74, 6) is 0.724. The predicted octanol–water partition coefficient (Wildman–Crippen LogP) is 7.43. The van der Waals surface area contributed by atoms with Gasteiger partial charge in [0, 0.05) is 43.1 Å². The number of fused-ring (bicyclic) bond motifs is 4. The van der Waals surface area contributed by atoms with E-state index in [4.69, 9.17) is 9.40 Å². The molecule has 0 fully saturated rings. The quantitative estimate of drug-likeness (QED) is 0.177. The van der Waals surface area contributed by atoms with Crippen molar-refractivity contribution in [3.63, 3.8) is 0 Å². The Hall–Kier alpha value is -5.04. The van der Waals surface area contributed by atoms with Crippen LogP contribution in [0.3, 0.4) is 0 Å². The third-order valence-electron chi connectivity index (χ3n) is 6.69. The van der Waals surface area contributed by atoms with Crippen molar-refractivity contribution in [3.05, 3.63) is 133 Å². The third-order valence-corrected chi connectivity index (χ3v) is 6.69. The second kappa shape index (κ2) is 11.8. The van der Waals surface area contributed by atoms with Gasteiger partial charge in [0.2, 0.25) is 5.71 Å². The minimum atomic E-state index is 0. The molecule has 0 N–H and O–H groups in total. The zero-order valence-electron chi connectivity index (χ0n) is 22.4. The van der Waals surface area contributed by atoms with Crippen molar-refractivity contribution in [2.24, 2.45) is 0 Å². The van der Waals surface area contributed by atoms with Gasteiger partial charge >= 0.3 is 0 Å². The second-order valence-electron chi connectivity index (χ2n) is 9.36. The van der Waals surface area contributed by atoms with Gasteiger partial charge in [0.1, 0.15) is 0 Å². The molecule has 0 saturated carbocycles. The van der Waals surface area contributed by atoms with Crippen molar-refractivity contribution in [2.45, 2.75) is 6.92 Å². The van der Waals surface area contributed by atoms with Crippen LogP contribution >= 0.6 is 0 Å². The molecule has 0 amide bonds. The SMILES string of the molecule is Cc1ccc2c(n1)oc1c(-c3nc4cnncc4n3-c3ccccc3)[c-]ccc12.[Ir].[c-]1ccccc1-c1ccccn1. The summed E-state index contributed by atoms with van der Waals surface area (Å²) in [6.45, 7) is 1.95. The molecule has 0 aliphatic carbocycles. The third kappa shape index (κ3) is 5.09. The van der Waals surface area contributed by atoms with E-state index in [0.29, 0.717) is 11.3 Å². The molecule has 1 radical (unpaired) electrons. The summed E-state index contributed by atoms with van der Waals surface area (Å²) >= 11 is 0. The molecule has 0 unspecified atom stereocenters. The van der Waals surface area contributed by atoms with Crippen LogP contribution in [0.15, 0.2) is 120 Å². The Labute approximate surface area is 255 Å². The van der Waals surface area contributed by atoms with Gasteiger partial charge in [0.05, 0.1) is 34.8 Å². The fourth-order valence-corrected chi connectivity index (χ4v) is 4.81. The molecule has 8 heteroatoms. The van der Waals surface area contributed by atoms with Crippen LogP contribution in [0.25, 0.3) is 61.4 Å². The summed E-state index contributed by atoms with van der Waals surface area (Å²) in [6.07, 6.45) is 5.18. The number of aryl methyl sites for hydroxylation is 1. The number of furan rings is 1. The number of hydrogen-bond acceptors (Lipinski definition) is 6. The summed E-state index contributed by atoms with van der Waals surface area (Å²) in [5, 5.41) is 10.0. The largest absolute Gasteiger partial charge is 0.486 e. The van der Waals surface area contributed by atoms with Crippen molar-refractivity contribution >= 4 is 33.1 Å². The molecule has 42 heavy (non-hydrogen) atoms. The minimum absolute atomic E-state index is 0. The number of benzene rings is 3. The van der Waals surface area contributed by atoms with Crippen LogP contribution in [-0.4, -0.2) is 29.7 Å². The molecule has 5 aromatic heterocycles. The number of pyridine rings is 2. The maximum atomic E-state index is 6.18. The molecule has 0 bridgehead atoms. The van der Waals surface area contributed by atoms with E-state index in [1.807, 2.05) is 104 Å². The Morgan fingerprint density at radius 2 is 1.57 bits per heavy atom. The molecule has 205 valence electrons. The minimum Gasteiger partial charge on any atom is -0.486 e. The number of aromatic nitrogens is 6. The smallest absolute Gasteiger partial charge is 0.216 e. The van der Waals surface area contributed by atoms with E-state index >= 15 is 0 Å². The summed E-state index contributed by atoms with van der Waals surface area (Å²) < 4.78 is 8.24. The standard InChI is InChI=1S/C23H14N5O.C11H8N.Ir/c1-14-10-11-17-16-8-5-9-18(21(16)29-23(17)26-14)22-27-19-12-24-25-13-20(19)28(22)15-6-3-2-4-7-15;1-2-6-10(7-3-1)11-8-4-5-9-12-11;/h2-8,10-13H,1H3;1-6,8-9H;/q2*-1;. The average Bonchev–Trinajstić information content (AvgIpc) is 3.61. The molecule has 8 rings (SSSR count). The van der Waals surface area contributed by atoms with Gasteiger partial charge in [-0.3, -0.25) is 4.98 Å². The maximum absolute atomic E-state index is 6.18. The molecule has 0 aliphatic heterocycles. The Morgan fingerprint density at radius 1 is 0.738 bits per heavy atom. The normalized spacial score (nSPS) is 10.8.